The van der Waals surface area contributed by atoms with Gasteiger partial charge in [-0.3, -0.25) is 4.98 Å². The molecule has 5 rings (SSSR count). The van der Waals surface area contributed by atoms with Crippen molar-refractivity contribution >= 4 is 51.2 Å². The molecule has 1 unspecified atom stereocenters. The Hall–Kier alpha value is -4.19. The normalized spacial score (nSPS) is 11.8. The van der Waals surface area contributed by atoms with Gasteiger partial charge in [-0.1, -0.05) is 35.3 Å². The van der Waals surface area contributed by atoms with Gasteiger partial charge in [0.25, 0.3) is 0 Å². The third-order valence-corrected chi connectivity index (χ3v) is 6.02. The number of halogens is 4. The van der Waals surface area contributed by atoms with Gasteiger partial charge in [-0.15, -0.1) is 0 Å². The van der Waals surface area contributed by atoms with Gasteiger partial charge in [-0.05, 0) is 48.0 Å². The SMILES string of the molecule is N#Cc1cnc2c(Cl)cc(NC(c3ccc(F)cc3)c3ncco3)cc2c1Nc1ccc(F)c(Cl)c1. The maximum absolute atomic E-state index is 13.7. The predicted octanol–water partition coefficient (Wildman–Crippen LogP) is 7.62. The zero-order chi connectivity index (χ0) is 25.2. The number of nitrogens with one attached hydrogen (secondary N) is 2. The fourth-order valence-electron chi connectivity index (χ4n) is 3.77. The summed E-state index contributed by atoms with van der Waals surface area (Å²) < 4.78 is 32.7. The molecule has 10 heteroatoms. The number of anilines is 3. The Morgan fingerprint density at radius 1 is 0.944 bits per heavy atom. The summed E-state index contributed by atoms with van der Waals surface area (Å²) in [6.45, 7) is 0. The van der Waals surface area contributed by atoms with E-state index in [2.05, 4.69) is 26.7 Å². The topological polar surface area (TPSA) is 86.8 Å². The van der Waals surface area contributed by atoms with Crippen LogP contribution in [0.5, 0.6) is 0 Å². The molecular weight excluding hydrogens is 507 g/mol. The van der Waals surface area contributed by atoms with Crippen molar-refractivity contribution in [1.82, 2.24) is 9.97 Å². The van der Waals surface area contributed by atoms with Gasteiger partial charge in [-0.2, -0.15) is 5.26 Å². The Bertz CT molecular complexity index is 1600. The average molecular weight is 522 g/mol. The number of oxazole rings is 1. The Morgan fingerprint density at radius 2 is 1.72 bits per heavy atom. The van der Waals surface area contributed by atoms with E-state index in [0.29, 0.717) is 44.4 Å². The minimum absolute atomic E-state index is 0.0645. The van der Waals surface area contributed by atoms with Crippen LogP contribution in [0.1, 0.15) is 23.1 Å². The fourth-order valence-corrected chi connectivity index (χ4v) is 4.22. The minimum Gasteiger partial charge on any atom is -0.446 e. The number of rotatable bonds is 6. The Morgan fingerprint density at radius 3 is 2.42 bits per heavy atom. The summed E-state index contributed by atoms with van der Waals surface area (Å²) in [5.74, 6) is -0.568. The molecule has 0 aliphatic rings. The maximum Gasteiger partial charge on any atom is 0.221 e. The number of nitriles is 1. The molecular formula is C26H15Cl2F2N5O. The van der Waals surface area contributed by atoms with E-state index in [1.54, 1.807) is 24.3 Å². The summed E-state index contributed by atoms with van der Waals surface area (Å²) >= 11 is 12.5. The molecule has 0 bridgehead atoms. The summed E-state index contributed by atoms with van der Waals surface area (Å²) in [7, 11) is 0. The first kappa shape index (κ1) is 23.5. The maximum atomic E-state index is 13.7. The molecule has 0 radical (unpaired) electrons. The highest BCUT2D eigenvalue weighted by Crippen LogP contribution is 2.37. The zero-order valence-electron chi connectivity index (χ0n) is 18.3. The third-order valence-electron chi connectivity index (χ3n) is 5.45. The first-order valence-corrected chi connectivity index (χ1v) is 11.3. The molecule has 0 saturated carbocycles. The quantitative estimate of drug-likeness (QED) is 0.239. The van der Waals surface area contributed by atoms with Crippen molar-refractivity contribution < 1.29 is 13.2 Å². The number of benzene rings is 3. The van der Waals surface area contributed by atoms with Crippen molar-refractivity contribution in [3.63, 3.8) is 0 Å². The number of aromatic nitrogens is 2. The molecule has 0 aliphatic heterocycles. The van der Waals surface area contributed by atoms with Crippen LogP contribution in [-0.4, -0.2) is 9.97 Å². The second-order valence-electron chi connectivity index (χ2n) is 7.77. The van der Waals surface area contributed by atoms with Gasteiger partial charge in [0.2, 0.25) is 5.89 Å². The largest absolute Gasteiger partial charge is 0.446 e. The van der Waals surface area contributed by atoms with Crippen LogP contribution in [0, 0.1) is 23.0 Å². The van der Waals surface area contributed by atoms with Gasteiger partial charge in [0.1, 0.15) is 30.0 Å². The predicted molar refractivity (Wildman–Crippen MR) is 135 cm³/mol. The van der Waals surface area contributed by atoms with Crippen molar-refractivity contribution in [2.75, 3.05) is 10.6 Å². The number of fused-ring (bicyclic) bond motifs is 1. The molecule has 1 atom stereocenters. The lowest BCUT2D eigenvalue weighted by Gasteiger charge is -2.19. The highest BCUT2D eigenvalue weighted by atomic mass is 35.5. The van der Waals surface area contributed by atoms with E-state index in [4.69, 9.17) is 27.6 Å². The molecule has 36 heavy (non-hydrogen) atoms. The Balaban J connectivity index is 1.61. The van der Waals surface area contributed by atoms with E-state index >= 15 is 0 Å². The number of nitrogens with zero attached hydrogens (tertiary/aromatic N) is 3. The van der Waals surface area contributed by atoms with Gasteiger partial charge in [0, 0.05) is 23.0 Å². The van der Waals surface area contributed by atoms with Crippen LogP contribution in [0.4, 0.5) is 25.8 Å². The molecule has 3 aromatic carbocycles. The van der Waals surface area contributed by atoms with Crippen molar-refractivity contribution in [2.24, 2.45) is 0 Å². The van der Waals surface area contributed by atoms with Gasteiger partial charge in [-0.25, -0.2) is 13.8 Å². The van der Waals surface area contributed by atoms with Crippen LogP contribution in [0.2, 0.25) is 10.0 Å². The summed E-state index contributed by atoms with van der Waals surface area (Å²) in [5, 5.41) is 17.0. The number of pyridine rings is 1. The summed E-state index contributed by atoms with van der Waals surface area (Å²) in [6, 6.07) is 15.1. The number of hydrogen-bond donors (Lipinski definition) is 2. The molecule has 0 amide bonds. The van der Waals surface area contributed by atoms with Gasteiger partial charge < -0.3 is 15.1 Å². The standard InChI is InChI=1S/C26H15Cl2F2N5O/c27-20-10-17(5-6-22(20)30)34-23-15(12-31)13-33-25-19(23)9-18(11-21(25)28)35-24(26-32-7-8-36-26)14-1-3-16(29)4-2-14/h1-11,13,24,35H,(H,33,34). The second-order valence-corrected chi connectivity index (χ2v) is 8.58. The second kappa shape index (κ2) is 9.82. The molecule has 2 heterocycles. The molecule has 2 N–H and O–H groups in total. The molecule has 0 saturated heterocycles. The summed E-state index contributed by atoms with van der Waals surface area (Å²) in [6.07, 6.45) is 4.36. The van der Waals surface area contributed by atoms with E-state index in [9.17, 15) is 14.0 Å². The summed E-state index contributed by atoms with van der Waals surface area (Å²) in [4.78, 5) is 8.59. The van der Waals surface area contributed by atoms with Crippen molar-refractivity contribution in [3.05, 3.63) is 112 Å². The molecule has 178 valence electrons. The van der Waals surface area contributed by atoms with E-state index in [1.807, 2.05) is 0 Å². The van der Waals surface area contributed by atoms with Gasteiger partial charge in [0.05, 0.1) is 33.0 Å². The van der Waals surface area contributed by atoms with Crippen molar-refractivity contribution in [2.45, 2.75) is 6.04 Å². The first-order valence-electron chi connectivity index (χ1n) is 10.6. The smallest absolute Gasteiger partial charge is 0.221 e. The minimum atomic E-state index is -0.562. The van der Waals surface area contributed by atoms with Crippen molar-refractivity contribution in [1.29, 1.82) is 5.26 Å². The monoisotopic (exact) mass is 521 g/mol. The molecule has 0 fully saturated rings. The molecule has 6 nitrogen and oxygen atoms in total. The number of hydrogen-bond acceptors (Lipinski definition) is 6. The third kappa shape index (κ3) is 4.67. The first-order chi connectivity index (χ1) is 17.4. The lowest BCUT2D eigenvalue weighted by Crippen LogP contribution is -2.13. The fraction of sp³-hybridized carbons (Fsp3) is 0.0385. The molecule has 2 aromatic heterocycles. The Labute approximate surface area is 214 Å². The molecule has 5 aromatic rings. The van der Waals surface area contributed by atoms with Crippen LogP contribution in [0.15, 0.2) is 77.7 Å². The van der Waals surface area contributed by atoms with Crippen LogP contribution < -0.4 is 10.6 Å². The van der Waals surface area contributed by atoms with Crippen molar-refractivity contribution in [3.8, 4) is 6.07 Å². The van der Waals surface area contributed by atoms with E-state index in [0.717, 1.165) is 0 Å². The highest BCUT2D eigenvalue weighted by Gasteiger charge is 2.21. The van der Waals surface area contributed by atoms with Crippen LogP contribution in [-0.2, 0) is 0 Å². The Kier molecular flexibility index (Phi) is 6.42. The molecule has 0 aliphatic carbocycles. The van der Waals surface area contributed by atoms with E-state index < -0.39 is 11.9 Å². The van der Waals surface area contributed by atoms with E-state index in [1.165, 1.54) is 49.0 Å². The van der Waals surface area contributed by atoms with Gasteiger partial charge >= 0.3 is 0 Å². The van der Waals surface area contributed by atoms with Gasteiger partial charge in [0.15, 0.2) is 0 Å². The lowest BCUT2D eigenvalue weighted by molar-refractivity contribution is 0.483. The zero-order valence-corrected chi connectivity index (χ0v) is 19.8. The highest BCUT2D eigenvalue weighted by molar-refractivity contribution is 6.36. The van der Waals surface area contributed by atoms with Crippen LogP contribution in [0.25, 0.3) is 10.9 Å². The average Bonchev–Trinajstić information content (AvgIpc) is 3.40. The lowest BCUT2D eigenvalue weighted by atomic mass is 10.0. The van der Waals surface area contributed by atoms with Crippen LogP contribution >= 0.6 is 23.2 Å². The van der Waals surface area contributed by atoms with E-state index in [-0.39, 0.29) is 16.4 Å². The van der Waals surface area contributed by atoms with Crippen LogP contribution in [0.3, 0.4) is 0 Å². The summed E-state index contributed by atoms with van der Waals surface area (Å²) in [5.41, 5.74) is 2.87. The molecule has 0 spiro atoms.